The van der Waals surface area contributed by atoms with Gasteiger partial charge in [0, 0.05) is 16.7 Å². The minimum atomic E-state index is -0.163. The molecule has 0 aliphatic carbocycles. The summed E-state index contributed by atoms with van der Waals surface area (Å²) in [5, 5.41) is 3.32. The van der Waals surface area contributed by atoms with Crippen molar-refractivity contribution in [1.82, 2.24) is 5.32 Å². The highest BCUT2D eigenvalue weighted by Gasteiger charge is 2.09. The Balaban J connectivity index is 1.94. The Kier molecular flexibility index (Phi) is 5.62. The van der Waals surface area contributed by atoms with E-state index in [0.29, 0.717) is 6.04 Å². The molecule has 2 aromatic rings. The van der Waals surface area contributed by atoms with Crippen molar-refractivity contribution in [3.63, 3.8) is 0 Å². The molecule has 0 fully saturated rings. The van der Waals surface area contributed by atoms with Crippen molar-refractivity contribution in [2.75, 3.05) is 12.8 Å². The highest BCUT2D eigenvalue weighted by Crippen LogP contribution is 2.23. The van der Waals surface area contributed by atoms with Gasteiger partial charge in [0.1, 0.15) is 5.82 Å². The van der Waals surface area contributed by atoms with Crippen LogP contribution < -0.4 is 5.32 Å². The third-order valence-electron chi connectivity index (χ3n) is 3.31. The summed E-state index contributed by atoms with van der Waals surface area (Å²) in [7, 11) is 1.96. The van der Waals surface area contributed by atoms with Crippen molar-refractivity contribution in [2.24, 2.45) is 0 Å². The third-order valence-corrected chi connectivity index (χ3v) is 4.65. The van der Waals surface area contributed by atoms with Crippen molar-refractivity contribution < 1.29 is 4.39 Å². The van der Waals surface area contributed by atoms with Crippen LogP contribution in [0.3, 0.4) is 0 Å². The minimum Gasteiger partial charge on any atom is -0.316 e. The number of hydrogen-bond acceptors (Lipinski definition) is 2. The van der Waals surface area contributed by atoms with E-state index in [-0.39, 0.29) is 5.82 Å². The van der Waals surface area contributed by atoms with E-state index in [4.69, 9.17) is 0 Å². The molecule has 0 heterocycles. The molecule has 0 aliphatic rings. The van der Waals surface area contributed by atoms with Gasteiger partial charge in [0.25, 0.3) is 0 Å². The Bertz CT molecular complexity index is 556. The molecule has 3 heteroatoms. The predicted molar refractivity (Wildman–Crippen MR) is 84.9 cm³/mol. The number of likely N-dealkylation sites (N-methyl/N-ethyl adjacent to an activating group) is 1. The molecule has 1 unspecified atom stereocenters. The summed E-state index contributed by atoms with van der Waals surface area (Å²) in [4.78, 5) is 1.31. The summed E-state index contributed by atoms with van der Waals surface area (Å²) in [5.41, 5.74) is 2.34. The van der Waals surface area contributed by atoms with Crippen LogP contribution in [0.15, 0.2) is 53.4 Å². The molecule has 1 atom stereocenters. The normalized spacial score (nSPS) is 12.3. The third kappa shape index (κ3) is 4.36. The van der Waals surface area contributed by atoms with Gasteiger partial charge in [0.15, 0.2) is 0 Å². The van der Waals surface area contributed by atoms with Crippen LogP contribution >= 0.6 is 11.8 Å². The van der Waals surface area contributed by atoms with Crippen molar-refractivity contribution in [3.05, 3.63) is 65.5 Å². The Labute approximate surface area is 124 Å². The van der Waals surface area contributed by atoms with Crippen LogP contribution in [0.2, 0.25) is 0 Å². The molecule has 0 spiro atoms. The van der Waals surface area contributed by atoms with Gasteiger partial charge in [-0.3, -0.25) is 0 Å². The Morgan fingerprint density at radius 3 is 2.65 bits per heavy atom. The monoisotopic (exact) mass is 289 g/mol. The molecule has 1 N–H and O–H groups in total. The zero-order valence-electron chi connectivity index (χ0n) is 11.9. The minimum absolute atomic E-state index is 0.163. The van der Waals surface area contributed by atoms with E-state index in [1.807, 2.05) is 24.9 Å². The van der Waals surface area contributed by atoms with E-state index in [0.717, 1.165) is 17.7 Å². The molecule has 1 nitrogen and oxygen atoms in total. The zero-order chi connectivity index (χ0) is 14.4. The van der Waals surface area contributed by atoms with Gasteiger partial charge in [-0.2, -0.15) is 0 Å². The quantitative estimate of drug-likeness (QED) is 0.805. The molecule has 0 saturated heterocycles. The second-order valence-electron chi connectivity index (χ2n) is 4.90. The van der Waals surface area contributed by atoms with Gasteiger partial charge in [-0.15, -0.1) is 11.8 Å². The number of hydrogen-bond donors (Lipinski definition) is 1. The lowest BCUT2D eigenvalue weighted by atomic mass is 10.1. The summed E-state index contributed by atoms with van der Waals surface area (Å²) in [6.07, 6.45) is 0.840. The summed E-state index contributed by atoms with van der Waals surface area (Å²) in [5.74, 6) is 0.807. The first-order valence-electron chi connectivity index (χ1n) is 6.79. The van der Waals surface area contributed by atoms with Gasteiger partial charge in [-0.05, 0) is 49.7 Å². The van der Waals surface area contributed by atoms with E-state index >= 15 is 0 Å². The molecule has 0 bridgehead atoms. The smallest absolute Gasteiger partial charge is 0.123 e. The maximum atomic E-state index is 13.2. The van der Waals surface area contributed by atoms with Gasteiger partial charge in [0.05, 0.1) is 0 Å². The number of aryl methyl sites for hydroxylation is 1. The molecule has 0 saturated carbocycles. The lowest BCUT2D eigenvalue weighted by molar-refractivity contribution is 0.602. The van der Waals surface area contributed by atoms with Crippen LogP contribution in [-0.4, -0.2) is 18.8 Å². The van der Waals surface area contributed by atoms with Crippen LogP contribution in [-0.2, 0) is 6.42 Å². The van der Waals surface area contributed by atoms with Crippen LogP contribution in [0, 0.1) is 12.7 Å². The molecular formula is C17H20FNS. The zero-order valence-corrected chi connectivity index (χ0v) is 12.7. The van der Waals surface area contributed by atoms with E-state index in [1.54, 1.807) is 12.1 Å². The van der Waals surface area contributed by atoms with Crippen LogP contribution in [0.5, 0.6) is 0 Å². The van der Waals surface area contributed by atoms with Gasteiger partial charge in [-0.1, -0.05) is 30.3 Å². The fourth-order valence-electron chi connectivity index (χ4n) is 2.10. The maximum Gasteiger partial charge on any atom is 0.123 e. The van der Waals surface area contributed by atoms with Gasteiger partial charge >= 0.3 is 0 Å². The maximum absolute atomic E-state index is 13.2. The highest BCUT2D eigenvalue weighted by molar-refractivity contribution is 7.99. The summed E-state index contributed by atoms with van der Waals surface area (Å²) in [6, 6.07) is 15.6. The van der Waals surface area contributed by atoms with E-state index in [2.05, 4.69) is 36.5 Å². The number of halogens is 1. The average Bonchev–Trinajstić information content (AvgIpc) is 2.45. The largest absolute Gasteiger partial charge is 0.316 e. The van der Waals surface area contributed by atoms with E-state index in [1.165, 1.54) is 16.5 Å². The fraction of sp³-hybridized carbons (Fsp3) is 0.294. The molecule has 20 heavy (non-hydrogen) atoms. The van der Waals surface area contributed by atoms with Crippen molar-refractivity contribution in [1.29, 1.82) is 0 Å². The Morgan fingerprint density at radius 1 is 1.15 bits per heavy atom. The standard InChI is InChI=1S/C17H20FNS/c1-13-6-3-4-9-17(13)20-12-16(19-2)11-14-7-5-8-15(18)10-14/h3-10,16,19H,11-12H2,1-2H3. The lowest BCUT2D eigenvalue weighted by Gasteiger charge is -2.16. The Hall–Kier alpha value is -1.32. The summed E-state index contributed by atoms with van der Waals surface area (Å²) < 4.78 is 13.2. The number of thioether (sulfide) groups is 1. The first kappa shape index (κ1) is 15.1. The van der Waals surface area contributed by atoms with Crippen LogP contribution in [0.4, 0.5) is 4.39 Å². The first-order valence-corrected chi connectivity index (χ1v) is 7.77. The molecule has 0 radical (unpaired) electrons. The van der Waals surface area contributed by atoms with Gasteiger partial charge < -0.3 is 5.32 Å². The SMILES string of the molecule is CNC(CSc1ccccc1C)Cc1cccc(F)c1. The van der Waals surface area contributed by atoms with Gasteiger partial charge in [0.2, 0.25) is 0 Å². The van der Waals surface area contributed by atoms with Crippen molar-refractivity contribution in [3.8, 4) is 0 Å². The number of rotatable bonds is 6. The van der Waals surface area contributed by atoms with E-state index in [9.17, 15) is 4.39 Å². The Morgan fingerprint density at radius 2 is 1.95 bits per heavy atom. The topological polar surface area (TPSA) is 12.0 Å². The van der Waals surface area contributed by atoms with E-state index < -0.39 is 0 Å². The van der Waals surface area contributed by atoms with Crippen LogP contribution in [0.25, 0.3) is 0 Å². The second-order valence-corrected chi connectivity index (χ2v) is 5.96. The molecule has 0 amide bonds. The lowest BCUT2D eigenvalue weighted by Crippen LogP contribution is -2.30. The van der Waals surface area contributed by atoms with Crippen LogP contribution in [0.1, 0.15) is 11.1 Å². The average molecular weight is 289 g/mol. The fourth-order valence-corrected chi connectivity index (χ4v) is 3.24. The van der Waals surface area contributed by atoms with Crippen molar-refractivity contribution in [2.45, 2.75) is 24.3 Å². The summed E-state index contributed by atoms with van der Waals surface area (Å²) >= 11 is 1.85. The molecule has 2 aromatic carbocycles. The molecule has 0 aliphatic heterocycles. The molecule has 0 aromatic heterocycles. The number of nitrogens with one attached hydrogen (secondary N) is 1. The second kappa shape index (κ2) is 7.46. The predicted octanol–water partition coefficient (Wildman–Crippen LogP) is 4.06. The number of benzene rings is 2. The molecule has 106 valence electrons. The van der Waals surface area contributed by atoms with Crippen molar-refractivity contribution >= 4 is 11.8 Å². The molecule has 2 rings (SSSR count). The summed E-state index contributed by atoms with van der Waals surface area (Å²) in [6.45, 7) is 2.13. The van der Waals surface area contributed by atoms with Gasteiger partial charge in [-0.25, -0.2) is 4.39 Å². The molecular weight excluding hydrogens is 269 g/mol. The first-order chi connectivity index (χ1) is 9.69. The highest BCUT2D eigenvalue weighted by atomic mass is 32.2.